The summed E-state index contributed by atoms with van der Waals surface area (Å²) in [6.45, 7) is 11.3. The van der Waals surface area contributed by atoms with Crippen LogP contribution in [0.4, 0.5) is 0 Å². The van der Waals surface area contributed by atoms with E-state index in [1.165, 1.54) is 5.56 Å². The van der Waals surface area contributed by atoms with Crippen molar-refractivity contribution in [1.82, 2.24) is 25.1 Å². The maximum absolute atomic E-state index is 12.4. The molecular weight excluding hydrogens is 426 g/mol. The number of nitrogens with one attached hydrogen (secondary N) is 1. The Labute approximate surface area is 201 Å². The predicted octanol–water partition coefficient (Wildman–Crippen LogP) is 3.87. The Bertz CT molecular complexity index is 1190. The van der Waals surface area contributed by atoms with E-state index in [0.717, 1.165) is 29.5 Å². The summed E-state index contributed by atoms with van der Waals surface area (Å²) >= 11 is 0. The molecule has 7 nitrogen and oxygen atoms in total. The lowest BCUT2D eigenvalue weighted by Crippen LogP contribution is -2.63. The molecule has 180 valence electrons. The number of hydrogen-bond acceptors (Lipinski definition) is 6. The van der Waals surface area contributed by atoms with E-state index in [9.17, 15) is 10.2 Å². The maximum atomic E-state index is 12.4. The topological polar surface area (TPSA) is 96.1 Å². The second kappa shape index (κ2) is 7.97. The van der Waals surface area contributed by atoms with E-state index < -0.39 is 11.2 Å². The molecule has 2 aliphatic rings. The van der Waals surface area contributed by atoms with Crippen LogP contribution in [0.1, 0.15) is 81.9 Å². The first kappa shape index (κ1) is 23.1. The van der Waals surface area contributed by atoms with Crippen molar-refractivity contribution in [1.29, 1.82) is 0 Å². The standard InChI is InChI=1S/C27H35N5O2/c1-17(2)18-6-8-20(9-7-18)27(34,26(5)15-29-16-26)21-12-19(13-28-14-21)23-30-24(25(3,4)33)32(31-23)22-10-11-22/h6-9,12-14,17,22,29,33-34H,10-11,15-16H2,1-5H3. The summed E-state index contributed by atoms with van der Waals surface area (Å²) in [6, 6.07) is 10.5. The van der Waals surface area contributed by atoms with Crippen LogP contribution in [-0.4, -0.2) is 43.1 Å². The lowest BCUT2D eigenvalue weighted by atomic mass is 9.63. The highest BCUT2D eigenvalue weighted by Crippen LogP contribution is 2.48. The Morgan fingerprint density at radius 2 is 1.74 bits per heavy atom. The molecule has 1 saturated carbocycles. The molecule has 0 bridgehead atoms. The molecule has 1 aliphatic carbocycles. The summed E-state index contributed by atoms with van der Waals surface area (Å²) in [7, 11) is 0. The third kappa shape index (κ3) is 3.76. The van der Waals surface area contributed by atoms with Crippen LogP contribution < -0.4 is 5.32 Å². The van der Waals surface area contributed by atoms with E-state index in [0.29, 0.717) is 30.7 Å². The fourth-order valence-corrected chi connectivity index (χ4v) is 4.93. The van der Waals surface area contributed by atoms with Crippen LogP contribution in [0.5, 0.6) is 0 Å². The van der Waals surface area contributed by atoms with E-state index in [4.69, 9.17) is 10.1 Å². The van der Waals surface area contributed by atoms with Crippen LogP contribution in [0.3, 0.4) is 0 Å². The van der Waals surface area contributed by atoms with Crippen LogP contribution in [0.25, 0.3) is 11.4 Å². The van der Waals surface area contributed by atoms with Gasteiger partial charge in [0, 0.05) is 42.0 Å². The highest BCUT2D eigenvalue weighted by molar-refractivity contribution is 5.56. The van der Waals surface area contributed by atoms with Gasteiger partial charge in [0.05, 0.1) is 6.04 Å². The smallest absolute Gasteiger partial charge is 0.183 e. The van der Waals surface area contributed by atoms with Crippen molar-refractivity contribution in [2.24, 2.45) is 5.41 Å². The Kier molecular flexibility index (Phi) is 5.43. The average molecular weight is 462 g/mol. The van der Waals surface area contributed by atoms with E-state index >= 15 is 0 Å². The van der Waals surface area contributed by atoms with Gasteiger partial charge in [-0.15, -0.1) is 0 Å². The zero-order valence-electron chi connectivity index (χ0n) is 20.7. The largest absolute Gasteiger partial charge is 0.382 e. The van der Waals surface area contributed by atoms with E-state index in [1.54, 1.807) is 26.2 Å². The quantitative estimate of drug-likeness (QED) is 0.494. The molecule has 2 aromatic heterocycles. The normalized spacial score (nSPS) is 19.6. The Hall–Kier alpha value is -2.61. The van der Waals surface area contributed by atoms with Gasteiger partial charge in [0.15, 0.2) is 11.6 Å². The summed E-state index contributed by atoms with van der Waals surface area (Å²) in [4.78, 5) is 9.20. The first-order chi connectivity index (χ1) is 16.0. The van der Waals surface area contributed by atoms with Crippen LogP contribution in [0.15, 0.2) is 42.7 Å². The van der Waals surface area contributed by atoms with E-state index in [1.807, 2.05) is 22.9 Å². The van der Waals surface area contributed by atoms with Gasteiger partial charge >= 0.3 is 0 Å². The molecular formula is C27H35N5O2. The van der Waals surface area contributed by atoms with Gasteiger partial charge in [-0.25, -0.2) is 9.67 Å². The number of aliphatic hydroxyl groups is 2. The van der Waals surface area contributed by atoms with Gasteiger partial charge in [-0.2, -0.15) is 5.10 Å². The minimum absolute atomic E-state index is 0.287. The minimum Gasteiger partial charge on any atom is -0.382 e. The monoisotopic (exact) mass is 461 g/mol. The molecule has 1 unspecified atom stereocenters. The second-order valence-corrected chi connectivity index (χ2v) is 11.1. The van der Waals surface area contributed by atoms with E-state index in [2.05, 4.69) is 43.2 Å². The number of hydrogen-bond donors (Lipinski definition) is 3. The van der Waals surface area contributed by atoms with Crippen molar-refractivity contribution in [3.05, 3.63) is 65.2 Å². The number of nitrogens with zero attached hydrogens (tertiary/aromatic N) is 4. The lowest BCUT2D eigenvalue weighted by molar-refractivity contribution is -0.0769. The predicted molar refractivity (Wildman–Crippen MR) is 131 cm³/mol. The van der Waals surface area contributed by atoms with E-state index in [-0.39, 0.29) is 11.5 Å². The fraction of sp³-hybridized carbons (Fsp3) is 0.519. The molecule has 3 aromatic rings. The average Bonchev–Trinajstić information content (AvgIpc) is 3.53. The molecule has 34 heavy (non-hydrogen) atoms. The fourth-order valence-electron chi connectivity index (χ4n) is 4.93. The lowest BCUT2D eigenvalue weighted by Gasteiger charge is -2.52. The van der Waals surface area contributed by atoms with Crippen LogP contribution >= 0.6 is 0 Å². The summed E-state index contributed by atoms with van der Waals surface area (Å²) in [5.74, 6) is 1.50. The van der Waals surface area contributed by atoms with Crippen LogP contribution in [0, 0.1) is 5.41 Å². The van der Waals surface area contributed by atoms with Gasteiger partial charge in [-0.05, 0) is 49.8 Å². The van der Waals surface area contributed by atoms with Crippen molar-refractivity contribution < 1.29 is 10.2 Å². The minimum atomic E-state index is -1.23. The Morgan fingerprint density at radius 3 is 2.26 bits per heavy atom. The molecule has 0 amide bonds. The molecule has 1 saturated heterocycles. The zero-order chi connectivity index (χ0) is 24.3. The zero-order valence-corrected chi connectivity index (χ0v) is 20.7. The number of aromatic nitrogens is 4. The summed E-state index contributed by atoms with van der Waals surface area (Å²) < 4.78 is 1.86. The van der Waals surface area contributed by atoms with Gasteiger partial charge in [0.2, 0.25) is 0 Å². The van der Waals surface area contributed by atoms with Crippen LogP contribution in [-0.2, 0) is 11.2 Å². The molecule has 0 radical (unpaired) electrons. The SMILES string of the molecule is CC(C)c1ccc(C(O)(c2cncc(-c3nc(C(C)(C)O)n(C4CC4)n3)c2)C2(C)CNC2)cc1. The van der Waals surface area contributed by atoms with Crippen molar-refractivity contribution in [3.63, 3.8) is 0 Å². The van der Waals surface area contributed by atoms with Gasteiger partial charge in [-0.3, -0.25) is 4.98 Å². The third-order valence-corrected chi connectivity index (χ3v) is 7.38. The maximum Gasteiger partial charge on any atom is 0.183 e. The first-order valence-electron chi connectivity index (χ1n) is 12.2. The number of pyridine rings is 1. The molecule has 1 atom stereocenters. The van der Waals surface area contributed by atoms with Crippen LogP contribution in [0.2, 0.25) is 0 Å². The number of benzene rings is 1. The van der Waals surface area contributed by atoms with Gasteiger partial charge in [0.25, 0.3) is 0 Å². The van der Waals surface area contributed by atoms with Crippen molar-refractivity contribution >= 4 is 0 Å². The van der Waals surface area contributed by atoms with Crippen molar-refractivity contribution in [2.75, 3.05) is 13.1 Å². The number of rotatable bonds is 7. The molecule has 5 rings (SSSR count). The molecule has 3 heterocycles. The van der Waals surface area contributed by atoms with Gasteiger partial charge < -0.3 is 15.5 Å². The summed E-state index contributed by atoms with van der Waals surface area (Å²) in [6.07, 6.45) is 5.56. The highest BCUT2D eigenvalue weighted by Gasteiger charge is 2.53. The Morgan fingerprint density at radius 1 is 1.06 bits per heavy atom. The summed E-state index contributed by atoms with van der Waals surface area (Å²) in [5, 5.41) is 31.1. The van der Waals surface area contributed by atoms with Gasteiger partial charge in [0.1, 0.15) is 11.2 Å². The van der Waals surface area contributed by atoms with Crippen molar-refractivity contribution in [2.45, 2.75) is 70.6 Å². The molecule has 0 spiro atoms. The van der Waals surface area contributed by atoms with Crippen molar-refractivity contribution in [3.8, 4) is 11.4 Å². The third-order valence-electron chi connectivity index (χ3n) is 7.38. The molecule has 3 N–H and O–H groups in total. The molecule has 1 aliphatic heterocycles. The first-order valence-corrected chi connectivity index (χ1v) is 12.2. The Balaban J connectivity index is 1.60. The highest BCUT2D eigenvalue weighted by atomic mass is 16.3. The molecule has 7 heteroatoms. The summed E-state index contributed by atoms with van der Waals surface area (Å²) in [5.41, 5.74) is 0.843. The van der Waals surface area contributed by atoms with Gasteiger partial charge in [-0.1, -0.05) is 45.0 Å². The molecule has 1 aromatic carbocycles. The molecule has 2 fully saturated rings. The second-order valence-electron chi connectivity index (χ2n) is 11.1.